The Balaban J connectivity index is 1.52. The molecule has 2 aromatic carbocycles. The van der Waals surface area contributed by atoms with Crippen LogP contribution in [0.25, 0.3) is 11.6 Å². The van der Waals surface area contributed by atoms with E-state index >= 15 is 0 Å². The lowest BCUT2D eigenvalue weighted by atomic mass is 10.2. The molecular weight excluding hydrogens is 430 g/mol. The first-order valence-electron chi connectivity index (χ1n) is 9.74. The average Bonchev–Trinajstić information content (AvgIpc) is 3.45. The fourth-order valence-electron chi connectivity index (χ4n) is 2.99. The van der Waals surface area contributed by atoms with Gasteiger partial charge in [0.25, 0.3) is 5.69 Å². The van der Waals surface area contributed by atoms with Gasteiger partial charge in [-0.05, 0) is 36.8 Å². The zero-order chi connectivity index (χ0) is 22.5. The van der Waals surface area contributed by atoms with E-state index in [1.165, 1.54) is 36.0 Å². The highest BCUT2D eigenvalue weighted by atomic mass is 32.2. The van der Waals surface area contributed by atoms with Crippen molar-refractivity contribution in [1.29, 1.82) is 0 Å². The van der Waals surface area contributed by atoms with E-state index in [-0.39, 0.29) is 11.6 Å². The van der Waals surface area contributed by atoms with E-state index in [1.54, 1.807) is 19.3 Å². The lowest BCUT2D eigenvalue weighted by Crippen LogP contribution is -2.23. The number of amides is 1. The predicted octanol–water partition coefficient (Wildman–Crippen LogP) is 4.61. The van der Waals surface area contributed by atoms with Crippen molar-refractivity contribution in [2.75, 3.05) is 5.32 Å². The summed E-state index contributed by atoms with van der Waals surface area (Å²) in [7, 11) is 0. The van der Waals surface area contributed by atoms with Crippen LogP contribution in [0.15, 0.2) is 82.6 Å². The average molecular weight is 449 g/mol. The number of nitro benzene ring substituents is 1. The molecule has 1 N–H and O–H groups in total. The van der Waals surface area contributed by atoms with Crippen LogP contribution < -0.4 is 5.32 Å². The topological polar surface area (TPSA) is 116 Å². The van der Waals surface area contributed by atoms with Crippen molar-refractivity contribution in [2.45, 2.75) is 23.9 Å². The van der Waals surface area contributed by atoms with E-state index in [0.717, 1.165) is 5.56 Å². The van der Waals surface area contributed by atoms with Gasteiger partial charge in [-0.1, -0.05) is 42.1 Å². The molecule has 4 aromatic rings. The van der Waals surface area contributed by atoms with Crippen molar-refractivity contribution in [1.82, 2.24) is 14.8 Å². The Morgan fingerprint density at radius 2 is 1.88 bits per heavy atom. The second-order valence-electron chi connectivity index (χ2n) is 6.91. The molecule has 0 saturated heterocycles. The molecule has 0 spiro atoms. The molecule has 2 aromatic heterocycles. The molecule has 1 atom stereocenters. The molecule has 1 amide bonds. The number of furan rings is 1. The molecule has 0 aliphatic heterocycles. The normalized spacial score (nSPS) is 11.8. The van der Waals surface area contributed by atoms with Crippen molar-refractivity contribution >= 4 is 29.0 Å². The fraction of sp³-hybridized carbons (Fsp3) is 0.136. The quantitative estimate of drug-likeness (QED) is 0.237. The number of nitrogens with one attached hydrogen (secondary N) is 1. The van der Waals surface area contributed by atoms with Gasteiger partial charge in [0.2, 0.25) is 11.7 Å². The van der Waals surface area contributed by atoms with E-state index in [2.05, 4.69) is 15.5 Å². The van der Waals surface area contributed by atoms with E-state index < -0.39 is 10.2 Å². The van der Waals surface area contributed by atoms with Gasteiger partial charge in [0, 0.05) is 17.8 Å². The van der Waals surface area contributed by atoms with Gasteiger partial charge < -0.3 is 9.73 Å². The molecule has 10 heteroatoms. The maximum atomic E-state index is 12.7. The first kappa shape index (κ1) is 21.3. The van der Waals surface area contributed by atoms with Crippen LogP contribution in [0.5, 0.6) is 0 Å². The molecule has 0 radical (unpaired) electrons. The highest BCUT2D eigenvalue weighted by Crippen LogP contribution is 2.28. The molecule has 9 nitrogen and oxygen atoms in total. The van der Waals surface area contributed by atoms with E-state index in [9.17, 15) is 14.9 Å². The van der Waals surface area contributed by atoms with Crippen LogP contribution in [0.1, 0.15) is 12.5 Å². The summed E-state index contributed by atoms with van der Waals surface area (Å²) in [5.74, 6) is 0.908. The molecule has 4 rings (SSSR count). The zero-order valence-corrected chi connectivity index (χ0v) is 17.9. The van der Waals surface area contributed by atoms with Gasteiger partial charge in [0.1, 0.15) is 0 Å². The molecule has 0 fully saturated rings. The van der Waals surface area contributed by atoms with Crippen molar-refractivity contribution in [3.05, 3.63) is 88.7 Å². The van der Waals surface area contributed by atoms with Crippen molar-refractivity contribution in [3.8, 4) is 11.6 Å². The Hall–Kier alpha value is -3.92. The molecule has 0 bridgehead atoms. The van der Waals surface area contributed by atoms with Gasteiger partial charge in [0.15, 0.2) is 10.9 Å². The number of hydrogen-bond acceptors (Lipinski definition) is 7. The Labute approximate surface area is 187 Å². The van der Waals surface area contributed by atoms with Crippen LogP contribution >= 0.6 is 11.8 Å². The second-order valence-corrected chi connectivity index (χ2v) is 8.22. The minimum absolute atomic E-state index is 0.0371. The summed E-state index contributed by atoms with van der Waals surface area (Å²) in [6.07, 6.45) is 1.57. The van der Waals surface area contributed by atoms with Crippen LogP contribution in [0.2, 0.25) is 0 Å². The van der Waals surface area contributed by atoms with Crippen molar-refractivity contribution in [3.63, 3.8) is 0 Å². The van der Waals surface area contributed by atoms with Crippen molar-refractivity contribution < 1.29 is 14.1 Å². The van der Waals surface area contributed by atoms with Crippen LogP contribution in [-0.4, -0.2) is 30.8 Å². The number of aromatic nitrogens is 3. The van der Waals surface area contributed by atoms with Gasteiger partial charge in [-0.15, -0.1) is 10.2 Å². The van der Waals surface area contributed by atoms with E-state index in [4.69, 9.17) is 4.42 Å². The van der Waals surface area contributed by atoms with Crippen LogP contribution in [0.3, 0.4) is 0 Å². The van der Waals surface area contributed by atoms with Gasteiger partial charge in [-0.3, -0.25) is 19.5 Å². The highest BCUT2D eigenvalue weighted by Gasteiger charge is 2.22. The number of rotatable bonds is 8. The van der Waals surface area contributed by atoms with Crippen LogP contribution in [-0.2, 0) is 11.3 Å². The predicted molar refractivity (Wildman–Crippen MR) is 120 cm³/mol. The number of nitro groups is 1. The van der Waals surface area contributed by atoms with Crippen molar-refractivity contribution in [2.24, 2.45) is 0 Å². The monoisotopic (exact) mass is 449 g/mol. The van der Waals surface area contributed by atoms with Gasteiger partial charge in [-0.25, -0.2) is 0 Å². The molecule has 2 heterocycles. The maximum absolute atomic E-state index is 12.7. The largest absolute Gasteiger partial charge is 0.461 e. The third-order valence-electron chi connectivity index (χ3n) is 4.64. The maximum Gasteiger partial charge on any atom is 0.269 e. The summed E-state index contributed by atoms with van der Waals surface area (Å²) in [5.41, 5.74) is 1.50. The Morgan fingerprint density at radius 3 is 2.53 bits per heavy atom. The number of non-ortho nitro benzene ring substituents is 1. The molecule has 32 heavy (non-hydrogen) atoms. The Bertz CT molecular complexity index is 1210. The van der Waals surface area contributed by atoms with Gasteiger partial charge in [-0.2, -0.15) is 0 Å². The molecule has 1 unspecified atom stereocenters. The number of anilines is 1. The summed E-state index contributed by atoms with van der Waals surface area (Å²) in [5, 5.41) is 22.2. The Kier molecular flexibility index (Phi) is 6.31. The smallest absolute Gasteiger partial charge is 0.269 e. The lowest BCUT2D eigenvalue weighted by molar-refractivity contribution is -0.384. The first-order chi connectivity index (χ1) is 15.5. The SMILES string of the molecule is CC(Sc1nnc(-c2ccco2)n1Cc1ccccc1)C(=O)Nc1ccc([N+](=O)[O-])cc1. The molecule has 162 valence electrons. The summed E-state index contributed by atoms with van der Waals surface area (Å²) < 4.78 is 7.42. The number of benzene rings is 2. The Morgan fingerprint density at radius 1 is 1.12 bits per heavy atom. The molecule has 0 saturated carbocycles. The lowest BCUT2D eigenvalue weighted by Gasteiger charge is -2.13. The second kappa shape index (κ2) is 9.48. The fourth-order valence-corrected chi connectivity index (χ4v) is 3.84. The number of nitrogens with zero attached hydrogens (tertiary/aromatic N) is 4. The van der Waals surface area contributed by atoms with Crippen LogP contribution in [0, 0.1) is 10.1 Å². The number of hydrogen-bond donors (Lipinski definition) is 1. The molecule has 0 aliphatic rings. The zero-order valence-electron chi connectivity index (χ0n) is 17.0. The molecule has 0 aliphatic carbocycles. The van der Waals surface area contributed by atoms with Gasteiger partial charge in [0.05, 0.1) is 23.0 Å². The minimum Gasteiger partial charge on any atom is -0.461 e. The number of thioether (sulfide) groups is 1. The summed E-state index contributed by atoms with van der Waals surface area (Å²) in [6, 6.07) is 19.2. The summed E-state index contributed by atoms with van der Waals surface area (Å²) in [6.45, 7) is 2.28. The third kappa shape index (κ3) is 4.86. The van der Waals surface area contributed by atoms with Crippen LogP contribution in [0.4, 0.5) is 11.4 Å². The van der Waals surface area contributed by atoms with Gasteiger partial charge >= 0.3 is 0 Å². The number of carbonyl (C=O) groups is 1. The summed E-state index contributed by atoms with van der Waals surface area (Å²) in [4.78, 5) is 23.0. The third-order valence-corrected chi connectivity index (χ3v) is 5.72. The minimum atomic E-state index is -0.492. The van der Waals surface area contributed by atoms with E-state index in [1.807, 2.05) is 41.0 Å². The number of carbonyl (C=O) groups excluding carboxylic acids is 1. The van der Waals surface area contributed by atoms with E-state index in [0.29, 0.717) is 29.0 Å². The molecular formula is C22H19N5O4S. The standard InChI is InChI=1S/C22H19N5O4S/c1-15(21(28)23-17-9-11-18(12-10-17)27(29)30)32-22-25-24-20(19-8-5-13-31-19)26(22)14-16-6-3-2-4-7-16/h2-13,15H,14H2,1H3,(H,23,28). The highest BCUT2D eigenvalue weighted by molar-refractivity contribution is 8.00. The first-order valence-corrected chi connectivity index (χ1v) is 10.6. The summed E-state index contributed by atoms with van der Waals surface area (Å²) >= 11 is 1.27.